The Hall–Kier alpha value is -2.54. The van der Waals surface area contributed by atoms with Crippen LogP contribution in [0.25, 0.3) is 0 Å². The van der Waals surface area contributed by atoms with E-state index in [0.29, 0.717) is 17.0 Å². The molecule has 6 nitrogen and oxygen atoms in total. The fourth-order valence-corrected chi connectivity index (χ4v) is 3.47. The van der Waals surface area contributed by atoms with E-state index in [9.17, 15) is 13.2 Å². The van der Waals surface area contributed by atoms with E-state index >= 15 is 0 Å². The van der Waals surface area contributed by atoms with Crippen molar-refractivity contribution in [3.8, 4) is 5.75 Å². The number of ether oxygens (including phenoxy) is 1. The number of nitrogens with one attached hydrogen (secondary N) is 1. The molecule has 2 rings (SSSR count). The highest BCUT2D eigenvalue weighted by molar-refractivity contribution is 7.92. The van der Waals surface area contributed by atoms with E-state index in [1.807, 2.05) is 13.8 Å². The van der Waals surface area contributed by atoms with Crippen LogP contribution >= 0.6 is 0 Å². The van der Waals surface area contributed by atoms with Gasteiger partial charge in [-0.2, -0.15) is 0 Å². The molecule has 0 bridgehead atoms. The maximum absolute atomic E-state index is 12.7. The first-order valence-corrected chi connectivity index (χ1v) is 9.77. The van der Waals surface area contributed by atoms with Crippen molar-refractivity contribution in [2.24, 2.45) is 0 Å². The number of methoxy groups -OCH3 is 1. The second-order valence-corrected chi connectivity index (χ2v) is 7.95. The number of amides is 1. The maximum atomic E-state index is 12.7. The summed E-state index contributed by atoms with van der Waals surface area (Å²) in [7, 11) is -0.693. The number of carbonyl (C=O) groups is 1. The van der Waals surface area contributed by atoms with Crippen LogP contribution in [0.3, 0.4) is 0 Å². The molecular weight excluding hydrogens is 352 g/mol. The van der Waals surface area contributed by atoms with Crippen molar-refractivity contribution in [1.82, 2.24) is 5.32 Å². The largest absolute Gasteiger partial charge is 0.497 e. The lowest BCUT2D eigenvalue weighted by Crippen LogP contribution is -2.32. The quantitative estimate of drug-likeness (QED) is 0.806. The predicted molar refractivity (Wildman–Crippen MR) is 102 cm³/mol. The Morgan fingerprint density at radius 2 is 1.69 bits per heavy atom. The van der Waals surface area contributed by atoms with E-state index < -0.39 is 10.0 Å². The molecule has 1 atom stereocenters. The van der Waals surface area contributed by atoms with E-state index in [4.69, 9.17) is 4.74 Å². The highest BCUT2D eigenvalue weighted by Gasteiger charge is 2.21. The van der Waals surface area contributed by atoms with Crippen molar-refractivity contribution in [3.05, 3.63) is 54.1 Å². The summed E-state index contributed by atoms with van der Waals surface area (Å²) >= 11 is 0. The van der Waals surface area contributed by atoms with Gasteiger partial charge in [0.25, 0.3) is 15.9 Å². The third-order valence-corrected chi connectivity index (χ3v) is 6.00. The number of sulfonamides is 1. The normalized spacial score (nSPS) is 12.3. The number of carbonyl (C=O) groups excluding carboxylic acids is 1. The smallest absolute Gasteiger partial charge is 0.264 e. The molecule has 2 aromatic carbocycles. The Bertz CT molecular complexity index is 846. The van der Waals surface area contributed by atoms with Crippen LogP contribution in [-0.4, -0.2) is 34.5 Å². The second-order valence-electron chi connectivity index (χ2n) is 5.98. The summed E-state index contributed by atoms with van der Waals surface area (Å²) in [5.41, 5.74) is 0.963. The van der Waals surface area contributed by atoms with E-state index in [1.54, 1.807) is 36.4 Å². The first-order valence-electron chi connectivity index (χ1n) is 8.33. The molecular formula is C19H24N2O4S. The van der Waals surface area contributed by atoms with E-state index in [0.717, 1.165) is 6.42 Å². The molecule has 0 aliphatic rings. The minimum absolute atomic E-state index is 0.0836. The number of anilines is 1. The van der Waals surface area contributed by atoms with E-state index in [-0.39, 0.29) is 16.8 Å². The van der Waals surface area contributed by atoms with Crippen molar-refractivity contribution >= 4 is 21.6 Å². The minimum Gasteiger partial charge on any atom is -0.497 e. The Labute approximate surface area is 154 Å². The molecule has 0 saturated heterocycles. The molecule has 0 heterocycles. The van der Waals surface area contributed by atoms with Crippen LogP contribution in [0.4, 0.5) is 5.69 Å². The number of benzene rings is 2. The van der Waals surface area contributed by atoms with Gasteiger partial charge < -0.3 is 10.1 Å². The molecule has 0 aliphatic heterocycles. The van der Waals surface area contributed by atoms with E-state index in [1.165, 1.54) is 30.6 Å². The monoisotopic (exact) mass is 376 g/mol. The molecule has 2 aromatic rings. The average Bonchev–Trinajstić information content (AvgIpc) is 2.67. The second kappa shape index (κ2) is 8.23. The fraction of sp³-hybridized carbons (Fsp3) is 0.316. The zero-order valence-corrected chi connectivity index (χ0v) is 16.2. The summed E-state index contributed by atoms with van der Waals surface area (Å²) < 4.78 is 31.7. The Balaban J connectivity index is 2.20. The van der Waals surface area contributed by atoms with Crippen molar-refractivity contribution in [1.29, 1.82) is 0 Å². The molecule has 0 saturated carbocycles. The Morgan fingerprint density at radius 3 is 2.19 bits per heavy atom. The fourth-order valence-electron chi connectivity index (χ4n) is 2.28. The predicted octanol–water partition coefficient (Wildman–Crippen LogP) is 3.05. The van der Waals surface area contributed by atoms with Crippen molar-refractivity contribution in [3.63, 3.8) is 0 Å². The van der Waals surface area contributed by atoms with Gasteiger partial charge in [-0.1, -0.05) is 6.92 Å². The third kappa shape index (κ3) is 4.35. The summed E-state index contributed by atoms with van der Waals surface area (Å²) in [4.78, 5) is 12.3. The van der Waals surface area contributed by atoms with Crippen molar-refractivity contribution in [2.75, 3.05) is 18.5 Å². The molecule has 0 aliphatic carbocycles. The highest BCUT2D eigenvalue weighted by atomic mass is 32.2. The average molecular weight is 376 g/mol. The van der Waals surface area contributed by atoms with Gasteiger partial charge in [0.15, 0.2) is 0 Å². The lowest BCUT2D eigenvalue weighted by Gasteiger charge is -2.20. The minimum atomic E-state index is -3.70. The van der Waals surface area contributed by atoms with E-state index in [2.05, 4.69) is 5.32 Å². The summed E-state index contributed by atoms with van der Waals surface area (Å²) in [6.45, 7) is 3.93. The van der Waals surface area contributed by atoms with Crippen LogP contribution in [0, 0.1) is 0 Å². The van der Waals surface area contributed by atoms with Crippen LogP contribution in [0.5, 0.6) is 5.75 Å². The van der Waals surface area contributed by atoms with Gasteiger partial charge in [0.1, 0.15) is 5.75 Å². The van der Waals surface area contributed by atoms with Gasteiger partial charge in [0, 0.05) is 18.7 Å². The van der Waals surface area contributed by atoms with Gasteiger partial charge in [-0.25, -0.2) is 8.42 Å². The van der Waals surface area contributed by atoms with Gasteiger partial charge in [-0.3, -0.25) is 9.10 Å². The van der Waals surface area contributed by atoms with Gasteiger partial charge in [-0.05, 0) is 61.9 Å². The van der Waals surface area contributed by atoms with Crippen LogP contribution in [-0.2, 0) is 10.0 Å². The standard InChI is InChI=1S/C19H24N2O4S/c1-5-14(2)20-19(22)15-6-8-16(9-7-15)21(3)26(23,24)18-12-10-17(25-4)11-13-18/h6-14H,5H2,1-4H3,(H,20,22)/t14-/m1/s1. The van der Waals surface area contributed by atoms with Gasteiger partial charge in [0.05, 0.1) is 17.7 Å². The van der Waals surface area contributed by atoms with Gasteiger partial charge in [0.2, 0.25) is 0 Å². The molecule has 0 aromatic heterocycles. The lowest BCUT2D eigenvalue weighted by atomic mass is 10.1. The third-order valence-electron chi connectivity index (χ3n) is 4.20. The summed E-state index contributed by atoms with van der Waals surface area (Å²) in [6.07, 6.45) is 0.840. The molecule has 26 heavy (non-hydrogen) atoms. The lowest BCUT2D eigenvalue weighted by molar-refractivity contribution is 0.0939. The molecule has 0 unspecified atom stereocenters. The number of hydrogen-bond donors (Lipinski definition) is 1. The van der Waals surface area contributed by atoms with Gasteiger partial charge in [-0.15, -0.1) is 0 Å². The Kier molecular flexibility index (Phi) is 6.26. The van der Waals surface area contributed by atoms with Crippen molar-refractivity contribution < 1.29 is 17.9 Å². The SMILES string of the molecule is CC[C@@H](C)NC(=O)c1ccc(N(C)S(=O)(=O)c2ccc(OC)cc2)cc1. The van der Waals surface area contributed by atoms with Crippen LogP contribution in [0.2, 0.25) is 0 Å². The van der Waals surface area contributed by atoms with Crippen LogP contribution in [0.1, 0.15) is 30.6 Å². The molecule has 0 spiro atoms. The molecule has 0 radical (unpaired) electrons. The van der Waals surface area contributed by atoms with Crippen molar-refractivity contribution in [2.45, 2.75) is 31.2 Å². The zero-order chi connectivity index (χ0) is 19.3. The Morgan fingerprint density at radius 1 is 1.12 bits per heavy atom. The topological polar surface area (TPSA) is 75.7 Å². The highest BCUT2D eigenvalue weighted by Crippen LogP contribution is 2.24. The number of rotatable bonds is 7. The first kappa shape index (κ1) is 19.8. The molecule has 140 valence electrons. The molecule has 1 N–H and O–H groups in total. The number of hydrogen-bond acceptors (Lipinski definition) is 4. The van der Waals surface area contributed by atoms with Crippen LogP contribution in [0.15, 0.2) is 53.4 Å². The molecule has 0 fully saturated rings. The van der Waals surface area contributed by atoms with Crippen LogP contribution < -0.4 is 14.4 Å². The summed E-state index contributed by atoms with van der Waals surface area (Å²) in [5.74, 6) is 0.412. The zero-order valence-electron chi connectivity index (χ0n) is 15.4. The summed E-state index contributed by atoms with van der Waals surface area (Å²) in [6, 6.07) is 12.8. The summed E-state index contributed by atoms with van der Waals surface area (Å²) in [5, 5.41) is 2.88. The maximum Gasteiger partial charge on any atom is 0.264 e. The number of nitrogens with zero attached hydrogens (tertiary/aromatic N) is 1. The first-order chi connectivity index (χ1) is 12.3. The molecule has 1 amide bonds. The molecule has 7 heteroatoms. The van der Waals surface area contributed by atoms with Gasteiger partial charge >= 0.3 is 0 Å².